The van der Waals surface area contributed by atoms with Gasteiger partial charge in [0.15, 0.2) is 17.5 Å². The summed E-state index contributed by atoms with van der Waals surface area (Å²) in [6.45, 7) is 4.64. The molecule has 3 heterocycles. The Morgan fingerprint density at radius 3 is 1.45 bits per heavy atom. The van der Waals surface area contributed by atoms with Crippen molar-refractivity contribution in [3.05, 3.63) is 163 Å². The zero-order chi connectivity index (χ0) is 35.3. The molecular formula is C48H31N3O2. The molecule has 53 heavy (non-hydrogen) atoms. The number of para-hydroxylation sites is 2. The molecule has 0 atom stereocenters. The average Bonchev–Trinajstić information content (AvgIpc) is 3.85. The van der Waals surface area contributed by atoms with E-state index in [2.05, 4.69) is 117 Å². The Labute approximate surface area is 305 Å². The van der Waals surface area contributed by atoms with Gasteiger partial charge in [-0.05, 0) is 69.8 Å². The fourth-order valence-corrected chi connectivity index (χ4v) is 8.29. The molecule has 10 aromatic rings. The van der Waals surface area contributed by atoms with Gasteiger partial charge in [0.1, 0.15) is 22.3 Å². The van der Waals surface area contributed by atoms with Crippen molar-refractivity contribution in [1.29, 1.82) is 0 Å². The van der Waals surface area contributed by atoms with E-state index in [4.69, 9.17) is 23.8 Å². The molecule has 0 fully saturated rings. The fraction of sp³-hybridized carbons (Fsp3) is 0.0625. The monoisotopic (exact) mass is 681 g/mol. The third-order valence-electron chi connectivity index (χ3n) is 11.0. The van der Waals surface area contributed by atoms with E-state index < -0.39 is 0 Å². The van der Waals surface area contributed by atoms with Gasteiger partial charge < -0.3 is 8.83 Å². The average molecular weight is 682 g/mol. The van der Waals surface area contributed by atoms with Crippen molar-refractivity contribution in [2.24, 2.45) is 0 Å². The van der Waals surface area contributed by atoms with Crippen molar-refractivity contribution in [1.82, 2.24) is 15.0 Å². The molecule has 0 spiro atoms. The van der Waals surface area contributed by atoms with Gasteiger partial charge in [0.05, 0.1) is 0 Å². The molecule has 0 radical (unpaired) electrons. The van der Waals surface area contributed by atoms with E-state index in [9.17, 15) is 0 Å². The minimum atomic E-state index is -0.0592. The number of fused-ring (bicyclic) bond motifs is 9. The zero-order valence-corrected chi connectivity index (χ0v) is 29.1. The lowest BCUT2D eigenvalue weighted by Crippen LogP contribution is -2.14. The summed E-state index contributed by atoms with van der Waals surface area (Å²) in [5.41, 5.74) is 13.6. The predicted molar refractivity (Wildman–Crippen MR) is 214 cm³/mol. The van der Waals surface area contributed by atoms with Crippen molar-refractivity contribution in [3.63, 3.8) is 0 Å². The minimum Gasteiger partial charge on any atom is -0.456 e. The highest BCUT2D eigenvalue weighted by atomic mass is 16.3. The van der Waals surface area contributed by atoms with E-state index in [-0.39, 0.29) is 5.41 Å². The Morgan fingerprint density at radius 1 is 0.377 bits per heavy atom. The molecule has 7 aromatic carbocycles. The van der Waals surface area contributed by atoms with E-state index in [0.29, 0.717) is 17.5 Å². The van der Waals surface area contributed by atoms with Crippen LogP contribution < -0.4 is 0 Å². The van der Waals surface area contributed by atoms with Crippen LogP contribution in [0, 0.1) is 0 Å². The summed E-state index contributed by atoms with van der Waals surface area (Å²) in [5.74, 6) is 1.73. The first-order chi connectivity index (χ1) is 26.0. The standard InChI is InChI=1S/C48H31N3O2/c1-48(2)38-14-6-3-12-37(38)44-32(13-9-15-39(44)48)28-18-20-29(21-19-28)45-49-46(30-22-24-35-33-10-4-7-16-40(33)52-42(35)26-30)51-47(50-45)31-23-25-36-34-11-5-8-17-41(34)53-43(36)27-31/h3-27H,1-2H3. The van der Waals surface area contributed by atoms with Crippen LogP contribution in [-0.2, 0) is 5.41 Å². The normalized spacial score (nSPS) is 13.2. The van der Waals surface area contributed by atoms with Crippen LogP contribution in [0.15, 0.2) is 160 Å². The topological polar surface area (TPSA) is 65.0 Å². The van der Waals surface area contributed by atoms with Crippen molar-refractivity contribution in [3.8, 4) is 56.4 Å². The molecule has 0 N–H and O–H groups in total. The van der Waals surface area contributed by atoms with Crippen LogP contribution in [0.1, 0.15) is 25.0 Å². The molecule has 0 bridgehead atoms. The summed E-state index contributed by atoms with van der Waals surface area (Å²) >= 11 is 0. The Morgan fingerprint density at radius 2 is 0.830 bits per heavy atom. The molecule has 3 aromatic heterocycles. The number of hydrogen-bond acceptors (Lipinski definition) is 5. The third-order valence-corrected chi connectivity index (χ3v) is 11.0. The summed E-state index contributed by atoms with van der Waals surface area (Å²) < 4.78 is 12.5. The molecule has 1 aliphatic carbocycles. The van der Waals surface area contributed by atoms with Gasteiger partial charge in [-0.25, -0.2) is 15.0 Å². The summed E-state index contributed by atoms with van der Waals surface area (Å²) in [5, 5.41) is 4.29. The summed E-state index contributed by atoms with van der Waals surface area (Å²) in [6, 6.07) is 52.6. The van der Waals surface area contributed by atoms with Crippen LogP contribution >= 0.6 is 0 Å². The number of aromatic nitrogens is 3. The van der Waals surface area contributed by atoms with Crippen LogP contribution in [0.3, 0.4) is 0 Å². The smallest absolute Gasteiger partial charge is 0.164 e. The lowest BCUT2D eigenvalue weighted by Gasteiger charge is -2.21. The number of furan rings is 2. The van der Waals surface area contributed by atoms with Gasteiger partial charge in [0.2, 0.25) is 0 Å². The van der Waals surface area contributed by atoms with Crippen molar-refractivity contribution >= 4 is 43.9 Å². The van der Waals surface area contributed by atoms with E-state index in [1.165, 1.54) is 27.8 Å². The molecule has 0 unspecified atom stereocenters. The fourth-order valence-electron chi connectivity index (χ4n) is 8.29. The van der Waals surface area contributed by atoms with Gasteiger partial charge in [0.25, 0.3) is 0 Å². The molecule has 250 valence electrons. The van der Waals surface area contributed by atoms with Gasteiger partial charge in [-0.2, -0.15) is 0 Å². The Bertz CT molecular complexity index is 2960. The van der Waals surface area contributed by atoms with Gasteiger partial charge in [0, 0.05) is 43.7 Å². The van der Waals surface area contributed by atoms with Gasteiger partial charge >= 0.3 is 0 Å². The van der Waals surface area contributed by atoms with Crippen LogP contribution in [0.2, 0.25) is 0 Å². The number of rotatable bonds is 4. The first-order valence-electron chi connectivity index (χ1n) is 17.9. The van der Waals surface area contributed by atoms with Crippen LogP contribution in [0.4, 0.5) is 0 Å². The summed E-state index contributed by atoms with van der Waals surface area (Å²) in [4.78, 5) is 15.2. The minimum absolute atomic E-state index is 0.0592. The highest BCUT2D eigenvalue weighted by Crippen LogP contribution is 2.52. The second-order valence-electron chi connectivity index (χ2n) is 14.4. The summed E-state index contributed by atoms with van der Waals surface area (Å²) in [6.07, 6.45) is 0. The number of hydrogen-bond donors (Lipinski definition) is 0. The van der Waals surface area contributed by atoms with Gasteiger partial charge in [-0.3, -0.25) is 0 Å². The number of nitrogens with zero attached hydrogens (tertiary/aromatic N) is 3. The molecule has 0 saturated carbocycles. The SMILES string of the molecule is CC1(C)c2ccccc2-c2c(-c3ccc(-c4nc(-c5ccc6c(c5)oc5ccccc56)nc(-c5ccc6c(c5)oc5ccccc56)n4)cc3)cccc21. The van der Waals surface area contributed by atoms with E-state index in [0.717, 1.165) is 66.1 Å². The number of benzene rings is 7. The molecule has 0 saturated heterocycles. The van der Waals surface area contributed by atoms with Crippen LogP contribution in [0.5, 0.6) is 0 Å². The Hall–Kier alpha value is -6.85. The van der Waals surface area contributed by atoms with Gasteiger partial charge in [-0.1, -0.05) is 129 Å². The van der Waals surface area contributed by atoms with E-state index >= 15 is 0 Å². The highest BCUT2D eigenvalue weighted by molar-refractivity contribution is 6.07. The second-order valence-corrected chi connectivity index (χ2v) is 14.4. The zero-order valence-electron chi connectivity index (χ0n) is 29.1. The lowest BCUT2D eigenvalue weighted by molar-refractivity contribution is 0.660. The van der Waals surface area contributed by atoms with Gasteiger partial charge in [-0.15, -0.1) is 0 Å². The quantitative estimate of drug-likeness (QED) is 0.185. The predicted octanol–water partition coefficient (Wildman–Crippen LogP) is 12.6. The molecule has 5 heteroatoms. The van der Waals surface area contributed by atoms with E-state index in [1.54, 1.807) is 0 Å². The maximum Gasteiger partial charge on any atom is 0.164 e. The first-order valence-corrected chi connectivity index (χ1v) is 17.9. The first kappa shape index (κ1) is 29.8. The summed E-state index contributed by atoms with van der Waals surface area (Å²) in [7, 11) is 0. The Balaban J connectivity index is 1.05. The largest absolute Gasteiger partial charge is 0.456 e. The maximum absolute atomic E-state index is 6.26. The molecule has 0 aliphatic heterocycles. The van der Waals surface area contributed by atoms with Crippen molar-refractivity contribution < 1.29 is 8.83 Å². The molecule has 11 rings (SSSR count). The van der Waals surface area contributed by atoms with Crippen molar-refractivity contribution in [2.45, 2.75) is 19.3 Å². The maximum atomic E-state index is 6.26. The molecular weight excluding hydrogens is 651 g/mol. The molecule has 5 nitrogen and oxygen atoms in total. The molecule has 0 amide bonds. The third kappa shape index (κ3) is 4.54. The highest BCUT2D eigenvalue weighted by Gasteiger charge is 2.36. The van der Waals surface area contributed by atoms with Crippen molar-refractivity contribution in [2.75, 3.05) is 0 Å². The molecule has 1 aliphatic rings. The van der Waals surface area contributed by atoms with E-state index in [1.807, 2.05) is 48.5 Å². The Kier molecular flexibility index (Phi) is 6.23. The van der Waals surface area contributed by atoms with Crippen LogP contribution in [-0.4, -0.2) is 15.0 Å². The lowest BCUT2D eigenvalue weighted by atomic mass is 9.82. The second kappa shape index (κ2) is 11.1. The van der Waals surface area contributed by atoms with Crippen LogP contribution in [0.25, 0.3) is 100 Å².